The lowest BCUT2D eigenvalue weighted by molar-refractivity contribution is -0.137. The molecule has 2 aromatic rings. The highest BCUT2D eigenvalue weighted by atomic mass is 35.5. The van der Waals surface area contributed by atoms with E-state index in [1.165, 1.54) is 0 Å². The van der Waals surface area contributed by atoms with Gasteiger partial charge in [0.15, 0.2) is 0 Å². The number of benzene rings is 2. The van der Waals surface area contributed by atoms with E-state index in [1.807, 2.05) is 31.2 Å². The maximum atomic E-state index is 13.0. The van der Waals surface area contributed by atoms with Gasteiger partial charge in [-0.25, -0.2) is 0 Å². The van der Waals surface area contributed by atoms with Crippen molar-refractivity contribution in [1.29, 1.82) is 0 Å². The van der Waals surface area contributed by atoms with Gasteiger partial charge in [-0.15, -0.1) is 0 Å². The first-order valence-corrected chi connectivity index (χ1v) is 11.2. The fourth-order valence-corrected chi connectivity index (χ4v) is 4.74. The molecule has 0 bridgehead atoms. The van der Waals surface area contributed by atoms with Crippen LogP contribution in [0.2, 0.25) is 15.1 Å². The number of aliphatic imine (C=N–C) groups is 1. The van der Waals surface area contributed by atoms with Gasteiger partial charge in [-0.2, -0.15) is 13.2 Å². The standard InChI is InChI=1S/C22H23Cl3F3N3/c1-2-29-20(21(10-4-3-5-11-21)14-6-8-16(23)9-7-14)31-30-19-17(24)12-15(13-18(19)25)22(26,27)28/h6-9,12-13,30H,2-5,10-11H2,1H3,(H,29,31). The first kappa shape index (κ1) is 24.0. The van der Waals surface area contributed by atoms with Gasteiger partial charge in [-0.1, -0.05) is 66.2 Å². The summed E-state index contributed by atoms with van der Waals surface area (Å²) in [6.07, 6.45) is 0.449. The summed E-state index contributed by atoms with van der Waals surface area (Å²) in [5, 5.41) is 0.387. The van der Waals surface area contributed by atoms with Crippen molar-refractivity contribution in [1.82, 2.24) is 5.43 Å². The van der Waals surface area contributed by atoms with Gasteiger partial charge in [-0.05, 0) is 49.6 Å². The topological polar surface area (TPSA) is 36.4 Å². The lowest BCUT2D eigenvalue weighted by atomic mass is 9.68. The Bertz CT molecular complexity index is 914. The zero-order valence-corrected chi connectivity index (χ0v) is 19.2. The van der Waals surface area contributed by atoms with Crippen molar-refractivity contribution in [2.75, 3.05) is 12.0 Å². The molecule has 2 N–H and O–H groups in total. The van der Waals surface area contributed by atoms with Crippen LogP contribution in [0.25, 0.3) is 0 Å². The number of rotatable bonds is 5. The van der Waals surface area contributed by atoms with Crippen LogP contribution in [0.1, 0.15) is 50.2 Å². The summed E-state index contributed by atoms with van der Waals surface area (Å²) < 4.78 is 39.1. The average molecular weight is 493 g/mol. The quantitative estimate of drug-likeness (QED) is 0.253. The van der Waals surface area contributed by atoms with E-state index in [1.54, 1.807) is 0 Å². The molecule has 1 fully saturated rings. The highest BCUT2D eigenvalue weighted by Crippen LogP contribution is 2.42. The number of hydrogen-bond donors (Lipinski definition) is 2. The zero-order chi connectivity index (χ0) is 22.6. The largest absolute Gasteiger partial charge is 0.416 e. The zero-order valence-electron chi connectivity index (χ0n) is 16.9. The van der Waals surface area contributed by atoms with Crippen LogP contribution in [0, 0.1) is 0 Å². The van der Waals surface area contributed by atoms with Crippen LogP contribution in [0.15, 0.2) is 41.4 Å². The van der Waals surface area contributed by atoms with Crippen molar-refractivity contribution in [2.45, 2.75) is 50.6 Å². The lowest BCUT2D eigenvalue weighted by Crippen LogP contribution is -2.48. The van der Waals surface area contributed by atoms with Crippen molar-refractivity contribution >= 4 is 46.3 Å². The highest BCUT2D eigenvalue weighted by Gasteiger charge is 2.39. The first-order valence-electron chi connectivity index (χ1n) is 10.1. The van der Waals surface area contributed by atoms with Gasteiger partial charge < -0.3 is 0 Å². The minimum absolute atomic E-state index is 0.132. The number of nitrogens with one attached hydrogen (secondary N) is 2. The Labute approximate surface area is 195 Å². The number of hydrogen-bond acceptors (Lipinski definition) is 2. The lowest BCUT2D eigenvalue weighted by Gasteiger charge is -2.39. The molecule has 0 heterocycles. The second-order valence-electron chi connectivity index (χ2n) is 7.54. The minimum atomic E-state index is -4.53. The van der Waals surface area contributed by atoms with Crippen molar-refractivity contribution in [2.24, 2.45) is 4.99 Å². The van der Waals surface area contributed by atoms with Gasteiger partial charge in [-0.3, -0.25) is 15.8 Å². The average Bonchev–Trinajstić information content (AvgIpc) is 2.72. The fourth-order valence-electron chi connectivity index (χ4n) is 4.03. The van der Waals surface area contributed by atoms with E-state index in [0.717, 1.165) is 49.8 Å². The molecular weight excluding hydrogens is 470 g/mol. The summed E-state index contributed by atoms with van der Waals surface area (Å²) in [6, 6.07) is 9.41. The number of hydrazine groups is 1. The van der Waals surface area contributed by atoms with E-state index in [0.29, 0.717) is 17.4 Å². The Hall–Kier alpha value is -1.63. The van der Waals surface area contributed by atoms with Gasteiger partial charge in [0.2, 0.25) is 0 Å². The maximum absolute atomic E-state index is 13.0. The molecule has 0 aromatic heterocycles. The molecule has 168 valence electrons. The van der Waals surface area contributed by atoms with Gasteiger partial charge in [0.1, 0.15) is 5.84 Å². The number of alkyl halides is 3. The number of anilines is 1. The third-order valence-corrected chi connectivity index (χ3v) is 6.40. The van der Waals surface area contributed by atoms with Crippen molar-refractivity contribution < 1.29 is 13.2 Å². The maximum Gasteiger partial charge on any atom is 0.416 e. The van der Waals surface area contributed by atoms with Crippen LogP contribution < -0.4 is 10.9 Å². The molecular formula is C22H23Cl3F3N3. The van der Waals surface area contributed by atoms with Crippen LogP contribution in [-0.4, -0.2) is 12.4 Å². The molecule has 1 aliphatic carbocycles. The molecule has 0 radical (unpaired) electrons. The monoisotopic (exact) mass is 491 g/mol. The van der Waals surface area contributed by atoms with E-state index in [2.05, 4.69) is 10.9 Å². The second kappa shape index (κ2) is 9.88. The predicted molar refractivity (Wildman–Crippen MR) is 122 cm³/mol. The third-order valence-electron chi connectivity index (χ3n) is 5.55. The molecule has 3 nitrogen and oxygen atoms in total. The Morgan fingerprint density at radius 1 is 1.00 bits per heavy atom. The number of nitrogens with zero attached hydrogens (tertiary/aromatic N) is 1. The summed E-state index contributed by atoms with van der Waals surface area (Å²) >= 11 is 18.3. The number of halogens is 6. The Morgan fingerprint density at radius 3 is 2.10 bits per heavy atom. The molecule has 0 aliphatic heterocycles. The van der Waals surface area contributed by atoms with Gasteiger partial charge >= 0.3 is 6.18 Å². The Balaban J connectivity index is 1.93. The van der Waals surface area contributed by atoms with E-state index >= 15 is 0 Å². The van der Waals surface area contributed by atoms with Crippen molar-refractivity contribution in [3.8, 4) is 0 Å². The highest BCUT2D eigenvalue weighted by molar-refractivity contribution is 6.39. The predicted octanol–water partition coefficient (Wildman–Crippen LogP) is 7.90. The van der Waals surface area contributed by atoms with Crippen molar-refractivity contribution in [3.05, 3.63) is 62.6 Å². The summed E-state index contributed by atoms with van der Waals surface area (Å²) in [5.41, 5.74) is 6.02. The molecule has 0 atom stereocenters. The molecule has 2 aromatic carbocycles. The number of amidine groups is 1. The van der Waals surface area contributed by atoms with Crippen LogP contribution in [0.5, 0.6) is 0 Å². The van der Waals surface area contributed by atoms with Crippen molar-refractivity contribution in [3.63, 3.8) is 0 Å². The van der Waals surface area contributed by atoms with Gasteiger partial charge in [0.05, 0.1) is 26.7 Å². The van der Waals surface area contributed by atoms with E-state index in [9.17, 15) is 13.2 Å². The van der Waals surface area contributed by atoms with Crippen LogP contribution in [0.3, 0.4) is 0 Å². The molecule has 1 saturated carbocycles. The molecule has 31 heavy (non-hydrogen) atoms. The smallest absolute Gasteiger partial charge is 0.297 e. The Morgan fingerprint density at radius 2 is 1.58 bits per heavy atom. The first-order chi connectivity index (χ1) is 14.7. The summed E-state index contributed by atoms with van der Waals surface area (Å²) in [6.45, 7) is 2.46. The fraction of sp³-hybridized carbons (Fsp3) is 0.409. The van der Waals surface area contributed by atoms with Crippen LogP contribution in [0.4, 0.5) is 18.9 Å². The Kier molecular flexibility index (Phi) is 7.66. The van der Waals surface area contributed by atoms with Gasteiger partial charge in [0, 0.05) is 11.6 Å². The minimum Gasteiger partial charge on any atom is -0.297 e. The molecule has 9 heteroatoms. The molecule has 1 aliphatic rings. The molecule has 0 saturated heterocycles. The summed E-state index contributed by atoms with van der Waals surface area (Å²) in [4.78, 5) is 4.69. The van der Waals surface area contributed by atoms with E-state index in [-0.39, 0.29) is 21.1 Å². The summed E-state index contributed by atoms with van der Waals surface area (Å²) in [5.74, 6) is 0.698. The third kappa shape index (κ3) is 5.41. The van der Waals surface area contributed by atoms with E-state index < -0.39 is 11.7 Å². The molecule has 0 amide bonds. The van der Waals surface area contributed by atoms with Crippen LogP contribution >= 0.6 is 34.8 Å². The second-order valence-corrected chi connectivity index (χ2v) is 8.79. The molecule has 0 unspecified atom stereocenters. The van der Waals surface area contributed by atoms with Crippen LogP contribution in [-0.2, 0) is 11.6 Å². The molecule has 3 rings (SSSR count). The van der Waals surface area contributed by atoms with E-state index in [4.69, 9.17) is 39.8 Å². The van der Waals surface area contributed by atoms with Gasteiger partial charge in [0.25, 0.3) is 0 Å². The summed E-state index contributed by atoms with van der Waals surface area (Å²) in [7, 11) is 0. The SMILES string of the molecule is CCN=C(NNc1c(Cl)cc(C(F)(F)F)cc1Cl)C1(c2ccc(Cl)cc2)CCCCC1. The normalized spacial score (nSPS) is 16.8. The molecule has 0 spiro atoms.